The second-order valence-corrected chi connectivity index (χ2v) is 11.1. The number of ether oxygens (including phenoxy) is 2. The maximum absolute atomic E-state index is 13.9. The largest absolute Gasteiger partial charge is 0.493 e. The molecule has 0 radical (unpaired) electrons. The number of hydrogen-bond donors (Lipinski definition) is 2. The molecule has 2 N–H and O–H groups in total. The van der Waals surface area contributed by atoms with E-state index in [2.05, 4.69) is 10.6 Å². The second kappa shape index (κ2) is 12.7. The monoisotopic (exact) mass is 553 g/mol. The zero-order valence-electron chi connectivity index (χ0n) is 23.1. The topological polar surface area (TPSA) is 114 Å². The molecular formula is C29H35N3O6S. The summed E-state index contributed by atoms with van der Waals surface area (Å²) in [6.07, 6.45) is 0.749. The average molecular weight is 554 g/mol. The quantitative estimate of drug-likeness (QED) is 0.356. The Morgan fingerprint density at radius 3 is 2.18 bits per heavy atom. The summed E-state index contributed by atoms with van der Waals surface area (Å²) >= 11 is 0. The molecular weight excluding hydrogens is 518 g/mol. The van der Waals surface area contributed by atoms with E-state index in [1.165, 1.54) is 32.4 Å². The lowest BCUT2D eigenvalue weighted by Gasteiger charge is -2.25. The molecule has 3 aromatic carbocycles. The number of rotatable bonds is 11. The summed E-state index contributed by atoms with van der Waals surface area (Å²) in [5.41, 5.74) is 2.58. The Balaban J connectivity index is 2.00. The fourth-order valence-electron chi connectivity index (χ4n) is 4.03. The summed E-state index contributed by atoms with van der Waals surface area (Å²) in [6.45, 7) is 7.02. The third-order valence-electron chi connectivity index (χ3n) is 6.16. The third kappa shape index (κ3) is 7.08. The highest BCUT2D eigenvalue weighted by Crippen LogP contribution is 2.33. The number of para-hydroxylation sites is 1. The van der Waals surface area contributed by atoms with Gasteiger partial charge in [-0.25, -0.2) is 8.42 Å². The minimum absolute atomic E-state index is 0.0482. The van der Waals surface area contributed by atoms with Crippen molar-refractivity contribution >= 4 is 33.2 Å². The Morgan fingerprint density at radius 2 is 1.56 bits per heavy atom. The SMILES string of the molecule is CC[C@@H](C)NC(=O)c1ccccc1NC(=O)CN(c1cc(C)cc(C)c1)S(=O)(=O)c1ccc(OC)c(OC)c1. The van der Waals surface area contributed by atoms with E-state index in [9.17, 15) is 18.0 Å². The summed E-state index contributed by atoms with van der Waals surface area (Å²) in [5.74, 6) is -0.324. The van der Waals surface area contributed by atoms with Gasteiger partial charge in [0.25, 0.3) is 15.9 Å². The highest BCUT2D eigenvalue weighted by molar-refractivity contribution is 7.92. The molecule has 208 valence electrons. The Morgan fingerprint density at radius 1 is 0.923 bits per heavy atom. The lowest BCUT2D eigenvalue weighted by molar-refractivity contribution is -0.114. The number of aryl methyl sites for hydroxylation is 2. The van der Waals surface area contributed by atoms with Gasteiger partial charge in [-0.2, -0.15) is 0 Å². The number of hydrogen-bond acceptors (Lipinski definition) is 6. The molecule has 1 atom stereocenters. The first-order chi connectivity index (χ1) is 18.5. The van der Waals surface area contributed by atoms with Crippen LogP contribution in [0.3, 0.4) is 0 Å². The van der Waals surface area contributed by atoms with Gasteiger partial charge in [-0.05, 0) is 74.7 Å². The van der Waals surface area contributed by atoms with Crippen LogP contribution >= 0.6 is 0 Å². The smallest absolute Gasteiger partial charge is 0.264 e. The lowest BCUT2D eigenvalue weighted by atomic mass is 10.1. The van der Waals surface area contributed by atoms with Gasteiger partial charge in [0.15, 0.2) is 11.5 Å². The maximum Gasteiger partial charge on any atom is 0.264 e. The molecule has 0 aromatic heterocycles. The molecule has 0 aliphatic rings. The fraction of sp³-hybridized carbons (Fsp3) is 0.310. The van der Waals surface area contributed by atoms with E-state index in [0.717, 1.165) is 21.9 Å². The minimum Gasteiger partial charge on any atom is -0.493 e. The highest BCUT2D eigenvalue weighted by atomic mass is 32.2. The van der Waals surface area contributed by atoms with E-state index in [-0.39, 0.29) is 33.8 Å². The van der Waals surface area contributed by atoms with Crippen LogP contribution in [0.25, 0.3) is 0 Å². The Hall–Kier alpha value is -4.05. The molecule has 0 saturated carbocycles. The van der Waals surface area contributed by atoms with Gasteiger partial charge >= 0.3 is 0 Å². The lowest BCUT2D eigenvalue weighted by Crippen LogP contribution is -2.38. The Bertz CT molecular complexity index is 1430. The van der Waals surface area contributed by atoms with Crippen molar-refractivity contribution in [2.75, 3.05) is 30.4 Å². The minimum atomic E-state index is -4.22. The number of benzene rings is 3. The van der Waals surface area contributed by atoms with Gasteiger partial charge in [-0.15, -0.1) is 0 Å². The molecule has 0 fully saturated rings. The first kappa shape index (κ1) is 29.5. The van der Waals surface area contributed by atoms with Crippen LogP contribution in [0.5, 0.6) is 11.5 Å². The first-order valence-electron chi connectivity index (χ1n) is 12.5. The van der Waals surface area contributed by atoms with Crippen molar-refractivity contribution in [3.63, 3.8) is 0 Å². The Kier molecular flexibility index (Phi) is 9.58. The molecule has 0 aliphatic carbocycles. The van der Waals surface area contributed by atoms with Gasteiger partial charge in [-0.1, -0.05) is 25.1 Å². The number of carbonyl (C=O) groups is 2. The summed E-state index contributed by atoms with van der Waals surface area (Å²) in [5, 5.41) is 5.61. The van der Waals surface area contributed by atoms with E-state index in [4.69, 9.17) is 9.47 Å². The van der Waals surface area contributed by atoms with Crippen LogP contribution in [0.15, 0.2) is 65.6 Å². The maximum atomic E-state index is 13.9. The van der Waals surface area contributed by atoms with Crippen LogP contribution < -0.4 is 24.4 Å². The fourth-order valence-corrected chi connectivity index (χ4v) is 5.45. The first-order valence-corrected chi connectivity index (χ1v) is 14.0. The van der Waals surface area contributed by atoms with Crippen LogP contribution in [-0.4, -0.2) is 47.0 Å². The number of nitrogens with one attached hydrogen (secondary N) is 2. The summed E-state index contributed by atoms with van der Waals surface area (Å²) < 4.78 is 39.4. The van der Waals surface area contributed by atoms with Gasteiger partial charge in [0.2, 0.25) is 5.91 Å². The Labute approximate surface area is 230 Å². The molecule has 0 bridgehead atoms. The van der Waals surface area contributed by atoms with Crippen molar-refractivity contribution in [3.05, 3.63) is 77.4 Å². The number of methoxy groups -OCH3 is 2. The molecule has 0 unspecified atom stereocenters. The van der Waals surface area contributed by atoms with Crippen molar-refractivity contribution in [3.8, 4) is 11.5 Å². The van der Waals surface area contributed by atoms with E-state index >= 15 is 0 Å². The number of amides is 2. The van der Waals surface area contributed by atoms with Gasteiger partial charge in [-0.3, -0.25) is 13.9 Å². The molecule has 9 nitrogen and oxygen atoms in total. The highest BCUT2D eigenvalue weighted by Gasteiger charge is 2.29. The van der Waals surface area contributed by atoms with Crippen LogP contribution in [0.2, 0.25) is 0 Å². The number of anilines is 2. The zero-order valence-corrected chi connectivity index (χ0v) is 23.9. The van der Waals surface area contributed by atoms with Crippen molar-refractivity contribution in [2.24, 2.45) is 0 Å². The molecule has 0 aliphatic heterocycles. The van der Waals surface area contributed by atoms with Gasteiger partial charge in [0.05, 0.1) is 36.1 Å². The summed E-state index contributed by atoms with van der Waals surface area (Å²) in [6, 6.07) is 16.1. The van der Waals surface area contributed by atoms with Crippen molar-refractivity contribution in [2.45, 2.75) is 45.1 Å². The molecule has 3 aromatic rings. The number of nitrogens with zero attached hydrogens (tertiary/aromatic N) is 1. The molecule has 0 saturated heterocycles. The molecule has 2 amide bonds. The van der Waals surface area contributed by atoms with E-state index in [1.54, 1.807) is 36.4 Å². The van der Waals surface area contributed by atoms with Crippen LogP contribution in [0.4, 0.5) is 11.4 Å². The van der Waals surface area contributed by atoms with E-state index in [1.807, 2.05) is 33.8 Å². The van der Waals surface area contributed by atoms with E-state index < -0.39 is 22.5 Å². The third-order valence-corrected chi connectivity index (χ3v) is 7.93. The molecule has 0 spiro atoms. The van der Waals surface area contributed by atoms with Gasteiger partial charge in [0, 0.05) is 12.1 Å². The average Bonchev–Trinajstić information content (AvgIpc) is 2.90. The molecule has 39 heavy (non-hydrogen) atoms. The predicted molar refractivity (Wildman–Crippen MR) is 152 cm³/mol. The van der Waals surface area contributed by atoms with Gasteiger partial charge in [0.1, 0.15) is 6.54 Å². The molecule has 3 rings (SSSR count). The second-order valence-electron chi connectivity index (χ2n) is 9.25. The number of sulfonamides is 1. The summed E-state index contributed by atoms with van der Waals surface area (Å²) in [7, 11) is -1.35. The van der Waals surface area contributed by atoms with Crippen molar-refractivity contribution in [1.29, 1.82) is 0 Å². The predicted octanol–water partition coefficient (Wildman–Crippen LogP) is 4.68. The van der Waals surface area contributed by atoms with Crippen LogP contribution in [0.1, 0.15) is 41.8 Å². The zero-order chi connectivity index (χ0) is 28.7. The normalized spacial score (nSPS) is 11.8. The van der Waals surface area contributed by atoms with Crippen molar-refractivity contribution in [1.82, 2.24) is 5.32 Å². The van der Waals surface area contributed by atoms with Crippen LogP contribution in [-0.2, 0) is 14.8 Å². The molecule has 10 heteroatoms. The van der Waals surface area contributed by atoms with E-state index in [0.29, 0.717) is 11.4 Å². The van der Waals surface area contributed by atoms with Crippen molar-refractivity contribution < 1.29 is 27.5 Å². The molecule has 0 heterocycles. The number of carbonyl (C=O) groups excluding carboxylic acids is 2. The van der Waals surface area contributed by atoms with Crippen LogP contribution in [0, 0.1) is 13.8 Å². The van der Waals surface area contributed by atoms with Gasteiger partial charge < -0.3 is 20.1 Å². The standard InChI is InChI=1S/C29H35N3O6S/c1-7-21(4)30-29(34)24-10-8-9-11-25(24)31-28(33)18-32(22-15-19(2)14-20(3)16-22)39(35,36)23-12-13-26(37-5)27(17-23)38-6/h8-17,21H,7,18H2,1-6H3,(H,30,34)(H,31,33)/t21-/m1/s1. The summed E-state index contributed by atoms with van der Waals surface area (Å²) in [4.78, 5) is 26.1.